The van der Waals surface area contributed by atoms with E-state index in [9.17, 15) is 19.2 Å². The van der Waals surface area contributed by atoms with Crippen LogP contribution < -0.4 is 21.3 Å². The third kappa shape index (κ3) is 4.78. The number of nitrogens with one attached hydrogen (secondary N) is 1. The third-order valence-corrected chi connectivity index (χ3v) is 6.71. The van der Waals surface area contributed by atoms with Crippen LogP contribution in [0.5, 0.6) is 5.75 Å². The summed E-state index contributed by atoms with van der Waals surface area (Å²) in [6.45, 7) is 1.59. The average molecular weight is 638 g/mol. The first-order chi connectivity index (χ1) is 17.1. The number of amides is 1. The Labute approximate surface area is 228 Å². The van der Waals surface area contributed by atoms with Gasteiger partial charge in [0.15, 0.2) is 5.75 Å². The normalized spacial score (nSPS) is 10.9. The summed E-state index contributed by atoms with van der Waals surface area (Å²) < 4.78 is 8.58. The van der Waals surface area contributed by atoms with E-state index >= 15 is 0 Å². The zero-order valence-corrected chi connectivity index (χ0v) is 22.6. The van der Waals surface area contributed by atoms with Crippen molar-refractivity contribution in [2.75, 3.05) is 5.32 Å². The maximum Gasteiger partial charge on any atom is 0.335 e. The first kappa shape index (κ1) is 25.9. The molecule has 0 unspecified atom stereocenters. The minimum absolute atomic E-state index is 0.00813. The van der Waals surface area contributed by atoms with Crippen molar-refractivity contribution >= 4 is 74.3 Å². The van der Waals surface area contributed by atoms with Gasteiger partial charge >= 0.3 is 11.7 Å². The quantitative estimate of drug-likeness (QED) is 0.185. The molecule has 3 aromatic carbocycles. The van der Waals surface area contributed by atoms with Crippen LogP contribution in [0.15, 0.2) is 64.2 Å². The van der Waals surface area contributed by atoms with Crippen molar-refractivity contribution in [3.63, 3.8) is 0 Å². The van der Waals surface area contributed by atoms with Gasteiger partial charge in [0.2, 0.25) is 0 Å². The van der Waals surface area contributed by atoms with E-state index in [0.717, 1.165) is 8.14 Å². The molecular formula is C25H18Cl2IN3O5. The average Bonchev–Trinajstić information content (AvgIpc) is 2.84. The van der Waals surface area contributed by atoms with E-state index in [1.54, 1.807) is 31.2 Å². The van der Waals surface area contributed by atoms with Crippen molar-refractivity contribution < 1.29 is 14.3 Å². The molecule has 4 aromatic rings. The van der Waals surface area contributed by atoms with Crippen LogP contribution in [0, 0.1) is 3.57 Å². The van der Waals surface area contributed by atoms with Gasteiger partial charge in [-0.3, -0.25) is 19.0 Å². The van der Waals surface area contributed by atoms with Crippen LogP contribution in [0.25, 0.3) is 16.6 Å². The number of ether oxygens (including phenoxy) is 1. The summed E-state index contributed by atoms with van der Waals surface area (Å²) in [5.41, 5.74) is -0.740. The topological polar surface area (TPSA) is 99.4 Å². The maximum atomic E-state index is 13.5. The summed E-state index contributed by atoms with van der Waals surface area (Å²) in [6, 6.07) is 14.2. The number of nitrogens with zero attached hydrogens (tertiary/aromatic N) is 2. The van der Waals surface area contributed by atoms with Gasteiger partial charge in [-0.25, -0.2) is 9.36 Å². The van der Waals surface area contributed by atoms with Crippen molar-refractivity contribution in [1.29, 1.82) is 0 Å². The Balaban J connectivity index is 1.96. The molecule has 4 rings (SSSR count). The van der Waals surface area contributed by atoms with Crippen molar-refractivity contribution in [2.24, 2.45) is 7.05 Å². The minimum Gasteiger partial charge on any atom is -0.422 e. The molecule has 0 bridgehead atoms. The molecule has 1 aromatic heterocycles. The van der Waals surface area contributed by atoms with Crippen molar-refractivity contribution in [3.8, 4) is 11.4 Å². The lowest BCUT2D eigenvalue weighted by atomic mass is 10.2. The van der Waals surface area contributed by atoms with E-state index < -0.39 is 23.1 Å². The molecule has 8 nitrogen and oxygen atoms in total. The first-order valence-electron chi connectivity index (χ1n) is 10.6. The number of hydrogen-bond donors (Lipinski definition) is 1. The van der Waals surface area contributed by atoms with Crippen LogP contribution in [0.3, 0.4) is 0 Å². The molecule has 36 heavy (non-hydrogen) atoms. The molecule has 184 valence electrons. The highest BCUT2D eigenvalue weighted by Crippen LogP contribution is 2.33. The predicted octanol–water partition coefficient (Wildman–Crippen LogP) is 5.17. The number of aromatic nitrogens is 2. The molecule has 0 aliphatic rings. The highest BCUT2D eigenvalue weighted by Gasteiger charge is 2.23. The van der Waals surface area contributed by atoms with E-state index in [1.165, 1.54) is 41.9 Å². The Morgan fingerprint density at radius 1 is 1.03 bits per heavy atom. The number of esters is 1. The van der Waals surface area contributed by atoms with Crippen molar-refractivity contribution in [2.45, 2.75) is 13.3 Å². The van der Waals surface area contributed by atoms with Crippen molar-refractivity contribution in [1.82, 2.24) is 9.13 Å². The number of carbonyl (C=O) groups excluding carboxylic acids is 2. The van der Waals surface area contributed by atoms with Gasteiger partial charge in [0, 0.05) is 17.0 Å². The van der Waals surface area contributed by atoms with Gasteiger partial charge in [-0.1, -0.05) is 42.3 Å². The second-order valence-electron chi connectivity index (χ2n) is 7.68. The molecule has 0 saturated carbocycles. The minimum atomic E-state index is -0.662. The molecule has 0 spiro atoms. The van der Waals surface area contributed by atoms with Crippen LogP contribution in [-0.4, -0.2) is 21.0 Å². The second-order valence-corrected chi connectivity index (χ2v) is 9.74. The number of aryl methyl sites for hydroxylation is 1. The van der Waals surface area contributed by atoms with Crippen molar-refractivity contribution in [3.05, 3.63) is 94.6 Å². The monoisotopic (exact) mass is 637 g/mol. The molecule has 1 heterocycles. The molecule has 1 N–H and O–H groups in total. The Morgan fingerprint density at radius 3 is 2.36 bits per heavy atom. The van der Waals surface area contributed by atoms with Gasteiger partial charge in [0.05, 0.1) is 37.9 Å². The van der Waals surface area contributed by atoms with Crippen LogP contribution in [0.1, 0.15) is 23.7 Å². The lowest BCUT2D eigenvalue weighted by Gasteiger charge is -2.18. The standard InChI is InChI=1S/C25H18Cl2IN3O5/c1-3-20(32)36-22-17(29-23(33)21-15(26)6-4-7-16(21)27)8-5-9-19(22)31-24(34)14-12-13(28)10-11-18(14)30(2)25(31)35/h4-12H,3H2,1-2H3,(H,29,33). The van der Waals surface area contributed by atoms with Gasteiger partial charge in [-0.15, -0.1) is 0 Å². The van der Waals surface area contributed by atoms with Gasteiger partial charge in [-0.05, 0) is 65.1 Å². The van der Waals surface area contributed by atoms with Gasteiger partial charge in [0.25, 0.3) is 11.5 Å². The number of halogens is 3. The number of anilines is 1. The Bertz CT molecular complexity index is 1640. The molecule has 0 atom stereocenters. The molecular weight excluding hydrogens is 620 g/mol. The molecule has 0 radical (unpaired) electrons. The Kier molecular flexibility index (Phi) is 7.53. The number of carbonyl (C=O) groups is 2. The summed E-state index contributed by atoms with van der Waals surface area (Å²) in [7, 11) is 1.54. The summed E-state index contributed by atoms with van der Waals surface area (Å²) in [4.78, 5) is 52.2. The molecule has 0 saturated heterocycles. The summed E-state index contributed by atoms with van der Waals surface area (Å²) >= 11 is 14.4. The maximum absolute atomic E-state index is 13.5. The number of para-hydroxylation sites is 1. The number of hydrogen-bond acceptors (Lipinski definition) is 5. The van der Waals surface area contributed by atoms with E-state index in [0.29, 0.717) is 10.9 Å². The third-order valence-electron chi connectivity index (χ3n) is 5.41. The molecule has 0 fully saturated rings. The van der Waals surface area contributed by atoms with Crippen LogP contribution in [-0.2, 0) is 11.8 Å². The van der Waals surface area contributed by atoms with E-state index in [4.69, 9.17) is 27.9 Å². The lowest BCUT2D eigenvalue weighted by Crippen LogP contribution is -2.38. The number of rotatable bonds is 5. The van der Waals surface area contributed by atoms with E-state index in [-0.39, 0.29) is 39.2 Å². The SMILES string of the molecule is CCC(=O)Oc1c(NC(=O)c2c(Cl)cccc2Cl)cccc1-n1c(=O)c2cc(I)ccc2n(C)c1=O. The summed E-state index contributed by atoms with van der Waals surface area (Å²) in [5.74, 6) is -1.45. The highest BCUT2D eigenvalue weighted by atomic mass is 127. The van der Waals surface area contributed by atoms with Gasteiger partial charge in [0.1, 0.15) is 0 Å². The Morgan fingerprint density at radius 2 is 1.69 bits per heavy atom. The molecule has 0 aliphatic carbocycles. The summed E-state index contributed by atoms with van der Waals surface area (Å²) in [6.07, 6.45) is 0.0148. The Hall–Kier alpha value is -3.15. The van der Waals surface area contributed by atoms with Crippen LogP contribution >= 0.6 is 45.8 Å². The fourth-order valence-electron chi connectivity index (χ4n) is 3.64. The molecule has 0 aliphatic heterocycles. The summed E-state index contributed by atoms with van der Waals surface area (Å²) in [5, 5.41) is 3.18. The first-order valence-corrected chi connectivity index (χ1v) is 12.5. The highest BCUT2D eigenvalue weighted by molar-refractivity contribution is 14.1. The fourth-order valence-corrected chi connectivity index (χ4v) is 4.70. The lowest BCUT2D eigenvalue weighted by molar-refractivity contribution is -0.133. The molecule has 11 heteroatoms. The largest absolute Gasteiger partial charge is 0.422 e. The smallest absolute Gasteiger partial charge is 0.335 e. The van der Waals surface area contributed by atoms with Gasteiger partial charge in [-0.2, -0.15) is 0 Å². The number of fused-ring (bicyclic) bond motifs is 1. The van der Waals surface area contributed by atoms with Gasteiger partial charge < -0.3 is 10.1 Å². The van der Waals surface area contributed by atoms with Crippen LogP contribution in [0.4, 0.5) is 5.69 Å². The second kappa shape index (κ2) is 10.5. The fraction of sp³-hybridized carbons (Fsp3) is 0.120. The number of benzene rings is 3. The zero-order chi connectivity index (χ0) is 26.1. The van der Waals surface area contributed by atoms with E-state index in [2.05, 4.69) is 27.9 Å². The van der Waals surface area contributed by atoms with E-state index in [1.807, 2.05) is 0 Å². The predicted molar refractivity (Wildman–Crippen MR) is 148 cm³/mol. The zero-order valence-electron chi connectivity index (χ0n) is 19.0. The van der Waals surface area contributed by atoms with Crippen LogP contribution in [0.2, 0.25) is 10.0 Å². The molecule has 1 amide bonds.